The Balaban J connectivity index is 1.60. The maximum Gasteiger partial charge on any atom is 0.451 e. The van der Waals surface area contributed by atoms with Crippen molar-refractivity contribution < 1.29 is 10.0 Å². The molecule has 0 amide bonds. The van der Waals surface area contributed by atoms with Crippen molar-refractivity contribution in [3.05, 3.63) is 34.9 Å². The van der Waals surface area contributed by atoms with Gasteiger partial charge in [-0.25, -0.2) is 0 Å². The molecule has 0 aromatic heterocycles. The van der Waals surface area contributed by atoms with Crippen LogP contribution >= 0.6 is 11.6 Å². The fourth-order valence-electron chi connectivity index (χ4n) is 3.45. The smallest absolute Gasteiger partial charge is 0.427 e. The highest BCUT2D eigenvalue weighted by atomic mass is 35.5. The molecular formula is C18H30BClN2O2. The van der Waals surface area contributed by atoms with Crippen molar-refractivity contribution in [1.82, 2.24) is 4.90 Å². The van der Waals surface area contributed by atoms with E-state index in [-0.39, 0.29) is 6.04 Å². The lowest BCUT2D eigenvalue weighted by atomic mass is 9.83. The van der Waals surface area contributed by atoms with Gasteiger partial charge in [-0.2, -0.15) is 0 Å². The van der Waals surface area contributed by atoms with E-state index in [0.29, 0.717) is 12.2 Å². The number of hydrogen-bond donors (Lipinski definition) is 3. The van der Waals surface area contributed by atoms with E-state index in [2.05, 4.69) is 17.0 Å². The fourth-order valence-corrected chi connectivity index (χ4v) is 3.58. The largest absolute Gasteiger partial charge is 0.451 e. The minimum Gasteiger partial charge on any atom is -0.427 e. The lowest BCUT2D eigenvalue weighted by Crippen LogP contribution is -2.36. The first kappa shape index (κ1) is 19.7. The second-order valence-corrected chi connectivity index (χ2v) is 7.42. The van der Waals surface area contributed by atoms with Gasteiger partial charge in [-0.15, -0.1) is 0 Å². The van der Waals surface area contributed by atoms with Gasteiger partial charge in [0.15, 0.2) is 0 Å². The SMILES string of the molecule is NC(CCCCB(O)O)CCN1CCC(c2ccc(Cl)cc2)CC1. The average molecular weight is 353 g/mol. The third-order valence-corrected chi connectivity index (χ3v) is 5.28. The Morgan fingerprint density at radius 1 is 1.12 bits per heavy atom. The number of unbranched alkanes of at least 4 members (excludes halogenated alkanes) is 1. The van der Waals surface area contributed by atoms with Gasteiger partial charge in [-0.05, 0) is 75.3 Å². The van der Waals surface area contributed by atoms with Crippen LogP contribution < -0.4 is 5.73 Å². The van der Waals surface area contributed by atoms with E-state index in [4.69, 9.17) is 27.4 Å². The Hall–Kier alpha value is -0.585. The highest BCUT2D eigenvalue weighted by Gasteiger charge is 2.20. The van der Waals surface area contributed by atoms with Gasteiger partial charge >= 0.3 is 7.12 Å². The molecule has 1 saturated heterocycles. The number of hydrogen-bond acceptors (Lipinski definition) is 4. The van der Waals surface area contributed by atoms with Crippen LogP contribution in [0.5, 0.6) is 0 Å². The maximum atomic E-state index is 8.82. The second-order valence-electron chi connectivity index (χ2n) is 6.98. The molecule has 1 fully saturated rings. The number of likely N-dealkylation sites (tertiary alicyclic amines) is 1. The molecular weight excluding hydrogens is 322 g/mol. The first-order valence-electron chi connectivity index (χ1n) is 9.14. The van der Waals surface area contributed by atoms with Crippen molar-refractivity contribution >= 4 is 18.7 Å². The molecule has 0 spiro atoms. The minimum absolute atomic E-state index is 0.217. The van der Waals surface area contributed by atoms with E-state index in [9.17, 15) is 0 Å². The predicted octanol–water partition coefficient (Wildman–Crippen LogP) is 2.88. The van der Waals surface area contributed by atoms with Gasteiger partial charge in [0.1, 0.15) is 0 Å². The van der Waals surface area contributed by atoms with Crippen LogP contribution in [0.1, 0.15) is 50.0 Å². The second kappa shape index (κ2) is 10.4. The molecule has 2 rings (SSSR count). The third kappa shape index (κ3) is 7.12. The zero-order valence-corrected chi connectivity index (χ0v) is 15.2. The topological polar surface area (TPSA) is 69.7 Å². The summed E-state index contributed by atoms with van der Waals surface area (Å²) in [5.74, 6) is 0.650. The Morgan fingerprint density at radius 3 is 2.42 bits per heavy atom. The summed E-state index contributed by atoms with van der Waals surface area (Å²) >= 11 is 5.96. The van der Waals surface area contributed by atoms with Gasteiger partial charge < -0.3 is 20.7 Å². The lowest BCUT2D eigenvalue weighted by molar-refractivity contribution is 0.204. The van der Waals surface area contributed by atoms with E-state index >= 15 is 0 Å². The van der Waals surface area contributed by atoms with Crippen LogP contribution in [0.3, 0.4) is 0 Å². The number of nitrogens with two attached hydrogens (primary N) is 1. The summed E-state index contributed by atoms with van der Waals surface area (Å²) < 4.78 is 0. The Morgan fingerprint density at radius 2 is 1.79 bits per heavy atom. The molecule has 4 N–H and O–H groups in total. The zero-order valence-electron chi connectivity index (χ0n) is 14.4. The van der Waals surface area contributed by atoms with Gasteiger partial charge in [0.25, 0.3) is 0 Å². The van der Waals surface area contributed by atoms with Crippen molar-refractivity contribution in [2.45, 2.75) is 56.8 Å². The van der Waals surface area contributed by atoms with Crippen LogP contribution in [0, 0.1) is 0 Å². The predicted molar refractivity (Wildman–Crippen MR) is 101 cm³/mol. The number of piperidine rings is 1. The molecule has 6 heteroatoms. The van der Waals surface area contributed by atoms with Crippen LogP contribution in [0.15, 0.2) is 24.3 Å². The Bertz CT molecular complexity index is 465. The molecule has 4 nitrogen and oxygen atoms in total. The number of rotatable bonds is 9. The van der Waals surface area contributed by atoms with Crippen molar-refractivity contribution in [1.29, 1.82) is 0 Å². The first-order chi connectivity index (χ1) is 11.5. The van der Waals surface area contributed by atoms with Crippen LogP contribution in [0.2, 0.25) is 11.3 Å². The van der Waals surface area contributed by atoms with Crippen molar-refractivity contribution in [2.24, 2.45) is 5.73 Å². The summed E-state index contributed by atoms with van der Waals surface area (Å²) in [7, 11) is -1.18. The summed E-state index contributed by atoms with van der Waals surface area (Å²) in [5.41, 5.74) is 7.58. The zero-order chi connectivity index (χ0) is 17.4. The molecule has 134 valence electrons. The molecule has 24 heavy (non-hydrogen) atoms. The van der Waals surface area contributed by atoms with Gasteiger partial charge in [0.05, 0.1) is 0 Å². The molecule has 1 aliphatic heterocycles. The van der Waals surface area contributed by atoms with Crippen molar-refractivity contribution in [3.8, 4) is 0 Å². The van der Waals surface area contributed by atoms with Gasteiger partial charge in [0, 0.05) is 11.1 Å². The summed E-state index contributed by atoms with van der Waals surface area (Å²) in [6.45, 7) is 3.34. The van der Waals surface area contributed by atoms with Gasteiger partial charge in [-0.1, -0.05) is 36.6 Å². The van der Waals surface area contributed by atoms with E-state index in [1.54, 1.807) is 0 Å². The Labute approximate surface area is 151 Å². The van der Waals surface area contributed by atoms with E-state index < -0.39 is 7.12 Å². The van der Waals surface area contributed by atoms with Crippen LogP contribution in [0.25, 0.3) is 0 Å². The van der Waals surface area contributed by atoms with Crippen LogP contribution in [-0.2, 0) is 0 Å². The summed E-state index contributed by atoms with van der Waals surface area (Å²) in [5, 5.41) is 18.4. The molecule has 0 bridgehead atoms. The molecule has 1 aromatic carbocycles. The first-order valence-corrected chi connectivity index (χ1v) is 9.52. The van der Waals surface area contributed by atoms with Crippen LogP contribution in [-0.4, -0.2) is 47.7 Å². The highest BCUT2D eigenvalue weighted by molar-refractivity contribution is 6.40. The van der Waals surface area contributed by atoms with E-state index in [1.165, 1.54) is 18.4 Å². The summed E-state index contributed by atoms with van der Waals surface area (Å²) in [6, 6.07) is 8.50. The van der Waals surface area contributed by atoms with Gasteiger partial charge in [-0.3, -0.25) is 0 Å². The molecule has 0 saturated carbocycles. The lowest BCUT2D eigenvalue weighted by Gasteiger charge is -2.32. The van der Waals surface area contributed by atoms with Crippen molar-refractivity contribution in [3.63, 3.8) is 0 Å². The minimum atomic E-state index is -1.18. The summed E-state index contributed by atoms with van der Waals surface area (Å²) in [4.78, 5) is 2.52. The third-order valence-electron chi connectivity index (χ3n) is 5.03. The fraction of sp³-hybridized carbons (Fsp3) is 0.667. The number of halogens is 1. The molecule has 0 radical (unpaired) electrons. The highest BCUT2D eigenvalue weighted by Crippen LogP contribution is 2.28. The molecule has 1 unspecified atom stereocenters. The number of benzene rings is 1. The molecule has 1 heterocycles. The van der Waals surface area contributed by atoms with E-state index in [0.717, 1.165) is 50.3 Å². The van der Waals surface area contributed by atoms with E-state index in [1.807, 2.05) is 12.1 Å². The number of nitrogens with zero attached hydrogens (tertiary/aromatic N) is 1. The molecule has 1 atom stereocenters. The van der Waals surface area contributed by atoms with Gasteiger partial charge in [0.2, 0.25) is 0 Å². The Kier molecular flexibility index (Phi) is 8.57. The molecule has 1 aliphatic rings. The normalized spacial score (nSPS) is 17.8. The quantitative estimate of drug-likeness (QED) is 0.472. The summed E-state index contributed by atoms with van der Waals surface area (Å²) in [6.07, 6.45) is 6.64. The van der Waals surface area contributed by atoms with Crippen molar-refractivity contribution in [2.75, 3.05) is 19.6 Å². The average Bonchev–Trinajstić information content (AvgIpc) is 2.58. The molecule has 0 aliphatic carbocycles. The monoisotopic (exact) mass is 352 g/mol. The molecule has 1 aromatic rings. The maximum absolute atomic E-state index is 8.82. The standard InChI is InChI=1S/C18H30BClN2O2/c20-17-6-4-15(5-7-17)16-8-12-22(13-9-16)14-10-18(21)3-1-2-11-19(23)24/h4-7,16,18,23-24H,1-3,8-14,21H2. The van der Waals surface area contributed by atoms with Crippen LogP contribution in [0.4, 0.5) is 0 Å².